The molecule has 0 spiro atoms. The largest absolute Gasteiger partial charge is 0.778 e. The van der Waals surface area contributed by atoms with E-state index >= 15 is 0 Å². The maximum atomic E-state index is 9.84. The van der Waals surface area contributed by atoms with Crippen LogP contribution in [0.15, 0.2) is 18.7 Å². The van der Waals surface area contributed by atoms with E-state index in [2.05, 4.69) is 34.8 Å². The summed E-state index contributed by atoms with van der Waals surface area (Å²) in [4.78, 5) is 8.26. The summed E-state index contributed by atoms with van der Waals surface area (Å²) in [5.74, 6) is 0. The fourth-order valence-corrected chi connectivity index (χ4v) is 0.975. The molecule has 1 rings (SSSR count). The Kier molecular flexibility index (Phi) is 7.52. The quantitative estimate of drug-likeness (QED) is 0.567. The molecule has 0 unspecified atom stereocenters. The second-order valence-electron chi connectivity index (χ2n) is 2.87. The number of hydrogen-bond donors (Lipinski definition) is 0. The minimum absolute atomic E-state index is 1.15. The van der Waals surface area contributed by atoms with Crippen molar-refractivity contribution in [2.75, 3.05) is 0 Å². The van der Waals surface area contributed by atoms with Gasteiger partial charge in [-0.05, 0) is 6.42 Å². The number of rotatable bonds is 3. The summed E-state index contributed by atoms with van der Waals surface area (Å²) in [6.07, 6.45) is 8.82. The van der Waals surface area contributed by atoms with E-state index in [9.17, 15) is 8.39 Å². The van der Waals surface area contributed by atoms with Crippen molar-refractivity contribution in [3.63, 3.8) is 0 Å². The minimum Gasteiger partial charge on any atom is -0.778 e. The van der Waals surface area contributed by atoms with Crippen LogP contribution in [0.4, 0.5) is 8.39 Å². The topological polar surface area (TPSA) is 31.9 Å². The van der Waals surface area contributed by atoms with Gasteiger partial charge in [0.05, 0.1) is 13.6 Å². The van der Waals surface area contributed by atoms with Crippen molar-refractivity contribution in [1.29, 1.82) is 0 Å². The lowest BCUT2D eigenvalue weighted by atomic mass is 10.3. The molecule has 0 N–H and O–H groups in total. The zero-order valence-corrected chi connectivity index (χ0v) is 9.25. The molecule has 0 fully saturated rings. The lowest BCUT2D eigenvalue weighted by Gasteiger charge is -1.90. The van der Waals surface area contributed by atoms with E-state index in [1.165, 1.54) is 12.8 Å². The highest BCUT2D eigenvalue weighted by molar-refractivity contribution is 7.37. The summed E-state index contributed by atoms with van der Waals surface area (Å²) in [6.45, 7) is 3.36. The smallest absolute Gasteiger partial charge is 0.243 e. The van der Waals surface area contributed by atoms with Crippen LogP contribution in [0.25, 0.3) is 0 Å². The molecule has 1 aromatic rings. The third-order valence-corrected chi connectivity index (χ3v) is 1.59. The van der Waals surface area contributed by atoms with Crippen LogP contribution >= 0.6 is 8.77 Å². The molecule has 0 atom stereocenters. The molecule has 6 heteroatoms. The Balaban J connectivity index is 0.000000364. The van der Waals surface area contributed by atoms with E-state index in [1.54, 1.807) is 0 Å². The molecule has 0 aliphatic carbocycles. The number of hydrogen-bond acceptors (Lipinski definition) is 1. The Morgan fingerprint density at radius 1 is 1.50 bits per heavy atom. The third-order valence-electron chi connectivity index (χ3n) is 1.59. The van der Waals surface area contributed by atoms with E-state index in [4.69, 9.17) is 4.89 Å². The highest BCUT2D eigenvalue weighted by Crippen LogP contribution is 2.25. The molecular formula is C8H15F2N2OP. The first-order valence-corrected chi connectivity index (χ1v) is 5.40. The van der Waals surface area contributed by atoms with Crippen molar-refractivity contribution in [2.24, 2.45) is 7.05 Å². The van der Waals surface area contributed by atoms with Crippen molar-refractivity contribution in [2.45, 2.75) is 26.3 Å². The summed E-state index contributed by atoms with van der Waals surface area (Å²) in [7, 11) is -1.83. The molecular weight excluding hydrogens is 209 g/mol. The fraction of sp³-hybridized carbons (Fsp3) is 0.625. The number of aromatic nitrogens is 2. The molecule has 3 nitrogen and oxygen atoms in total. The summed E-state index contributed by atoms with van der Waals surface area (Å²) in [5, 5.41) is 0. The first-order chi connectivity index (χ1) is 6.56. The van der Waals surface area contributed by atoms with Crippen LogP contribution in [0.3, 0.4) is 0 Å². The van der Waals surface area contributed by atoms with Crippen LogP contribution in [0.2, 0.25) is 0 Å². The Morgan fingerprint density at radius 3 is 2.43 bits per heavy atom. The summed E-state index contributed by atoms with van der Waals surface area (Å²) < 4.78 is 24.0. The van der Waals surface area contributed by atoms with E-state index in [0.717, 1.165) is 6.54 Å². The predicted molar refractivity (Wildman–Crippen MR) is 49.7 cm³/mol. The average Bonchev–Trinajstić information content (AvgIpc) is 2.47. The SMILES string of the molecule is CCCCn1cc[n+](C)c1.[O-]P(F)F. The first kappa shape index (κ1) is 13.5. The number of nitrogens with zero attached hydrogens (tertiary/aromatic N) is 2. The highest BCUT2D eigenvalue weighted by Gasteiger charge is 1.96. The van der Waals surface area contributed by atoms with Gasteiger partial charge in [-0.2, -0.15) is 0 Å². The van der Waals surface area contributed by atoms with E-state index in [-0.39, 0.29) is 0 Å². The predicted octanol–water partition coefficient (Wildman–Crippen LogP) is 1.63. The third kappa shape index (κ3) is 8.08. The van der Waals surface area contributed by atoms with Gasteiger partial charge in [-0.15, -0.1) is 0 Å². The Labute approximate surface area is 84.1 Å². The summed E-state index contributed by atoms with van der Waals surface area (Å²) in [6, 6.07) is 0. The van der Waals surface area contributed by atoms with E-state index < -0.39 is 8.77 Å². The molecule has 0 amide bonds. The van der Waals surface area contributed by atoms with Crippen molar-refractivity contribution < 1.29 is 17.9 Å². The van der Waals surface area contributed by atoms with Gasteiger partial charge >= 0.3 is 0 Å². The molecule has 0 bridgehead atoms. The Bertz CT molecular complexity index is 240. The molecule has 0 aromatic carbocycles. The Hall–Kier alpha value is -0.540. The van der Waals surface area contributed by atoms with E-state index in [0.29, 0.717) is 0 Å². The molecule has 0 saturated carbocycles. The molecule has 1 heterocycles. The molecule has 0 radical (unpaired) electrons. The van der Waals surface area contributed by atoms with Crippen LogP contribution in [0.5, 0.6) is 0 Å². The summed E-state index contributed by atoms with van der Waals surface area (Å²) >= 11 is 0. The number of aryl methyl sites for hydroxylation is 2. The second kappa shape index (κ2) is 7.83. The van der Waals surface area contributed by atoms with Crippen molar-refractivity contribution in [3.8, 4) is 0 Å². The monoisotopic (exact) mass is 224 g/mol. The maximum absolute atomic E-state index is 9.84. The molecule has 82 valence electrons. The van der Waals surface area contributed by atoms with Gasteiger partial charge in [0.25, 0.3) is 0 Å². The zero-order chi connectivity index (χ0) is 11.0. The van der Waals surface area contributed by atoms with Gasteiger partial charge in [-0.25, -0.2) is 17.5 Å². The zero-order valence-electron chi connectivity index (χ0n) is 8.36. The average molecular weight is 224 g/mol. The second-order valence-corrected chi connectivity index (χ2v) is 3.28. The number of halogens is 2. The van der Waals surface area contributed by atoms with Crippen molar-refractivity contribution in [3.05, 3.63) is 18.7 Å². The van der Waals surface area contributed by atoms with Crippen LogP contribution in [-0.4, -0.2) is 4.57 Å². The van der Waals surface area contributed by atoms with Gasteiger partial charge in [0.15, 0.2) is 8.77 Å². The number of imidazole rings is 1. The van der Waals surface area contributed by atoms with Gasteiger partial charge in [0.2, 0.25) is 6.33 Å². The lowest BCUT2D eigenvalue weighted by molar-refractivity contribution is -0.671. The standard InChI is InChI=1S/C8H15N2.F2OP/c1-3-4-5-10-7-6-9(2)8-10;1-4(2)3/h6-8H,3-5H2,1-2H3;/q+1;-1. The minimum atomic E-state index is -3.87. The molecule has 14 heavy (non-hydrogen) atoms. The van der Waals surface area contributed by atoms with Gasteiger partial charge < -0.3 is 4.89 Å². The van der Waals surface area contributed by atoms with Crippen LogP contribution in [0, 0.1) is 0 Å². The Morgan fingerprint density at radius 2 is 2.07 bits per heavy atom. The normalized spacial score (nSPS) is 9.86. The molecule has 0 aliphatic heterocycles. The molecule has 1 aromatic heterocycles. The summed E-state index contributed by atoms with van der Waals surface area (Å²) in [5.41, 5.74) is 0. The first-order valence-electron chi connectivity index (χ1n) is 4.36. The van der Waals surface area contributed by atoms with Gasteiger partial charge in [-0.1, -0.05) is 13.3 Å². The lowest BCUT2D eigenvalue weighted by Crippen LogP contribution is -2.23. The fourth-order valence-electron chi connectivity index (χ4n) is 0.975. The van der Waals surface area contributed by atoms with Crippen LogP contribution in [0.1, 0.15) is 19.8 Å². The van der Waals surface area contributed by atoms with Gasteiger partial charge in [0.1, 0.15) is 12.4 Å². The van der Waals surface area contributed by atoms with Gasteiger partial charge in [-0.3, -0.25) is 0 Å². The molecule has 0 aliphatic rings. The maximum Gasteiger partial charge on any atom is 0.243 e. The molecule has 0 saturated heterocycles. The van der Waals surface area contributed by atoms with Crippen LogP contribution < -0.4 is 9.46 Å². The van der Waals surface area contributed by atoms with Gasteiger partial charge in [0, 0.05) is 0 Å². The van der Waals surface area contributed by atoms with Crippen molar-refractivity contribution in [1.82, 2.24) is 4.57 Å². The van der Waals surface area contributed by atoms with E-state index in [1.807, 2.05) is 7.05 Å². The van der Waals surface area contributed by atoms with Crippen molar-refractivity contribution >= 4 is 8.77 Å². The van der Waals surface area contributed by atoms with Crippen LogP contribution in [-0.2, 0) is 13.6 Å². The number of unbranched alkanes of at least 4 members (excludes halogenated alkanes) is 1. The highest BCUT2D eigenvalue weighted by atomic mass is 31.2.